The molecule has 16 heavy (non-hydrogen) atoms. The van der Waals surface area contributed by atoms with Crippen LogP contribution in [-0.2, 0) is 11.2 Å². The van der Waals surface area contributed by atoms with Gasteiger partial charge in [-0.1, -0.05) is 25.1 Å². The van der Waals surface area contributed by atoms with Crippen LogP contribution in [0.3, 0.4) is 0 Å². The average Bonchev–Trinajstić information content (AvgIpc) is 2.62. The van der Waals surface area contributed by atoms with E-state index in [-0.39, 0.29) is 11.9 Å². The molecule has 1 heterocycles. The van der Waals surface area contributed by atoms with E-state index in [2.05, 4.69) is 5.32 Å². The van der Waals surface area contributed by atoms with Crippen LogP contribution in [0.4, 0.5) is 10.5 Å². The standard InChI is InChI=1S/C12H14N2O2/c1-2-7-13-12(16)14-10-6-4-3-5-9(10)8-11(14)15/h3-6H,2,7-8H2,1H3,(H,13,16). The van der Waals surface area contributed by atoms with Crippen molar-refractivity contribution >= 4 is 17.6 Å². The molecular weight excluding hydrogens is 204 g/mol. The summed E-state index contributed by atoms with van der Waals surface area (Å²) in [6.07, 6.45) is 1.17. The van der Waals surface area contributed by atoms with Gasteiger partial charge in [0, 0.05) is 6.54 Å². The smallest absolute Gasteiger partial charge is 0.328 e. The Labute approximate surface area is 94.2 Å². The molecule has 84 valence electrons. The number of amides is 3. The van der Waals surface area contributed by atoms with Gasteiger partial charge in [-0.05, 0) is 18.1 Å². The van der Waals surface area contributed by atoms with E-state index in [0.717, 1.165) is 12.0 Å². The lowest BCUT2D eigenvalue weighted by Gasteiger charge is -2.15. The Morgan fingerprint density at radius 3 is 2.94 bits per heavy atom. The van der Waals surface area contributed by atoms with Crippen molar-refractivity contribution in [1.29, 1.82) is 0 Å². The Morgan fingerprint density at radius 1 is 1.44 bits per heavy atom. The van der Waals surface area contributed by atoms with Gasteiger partial charge in [-0.3, -0.25) is 4.79 Å². The molecule has 1 aliphatic heterocycles. The van der Waals surface area contributed by atoms with Gasteiger partial charge in [-0.2, -0.15) is 0 Å². The van der Waals surface area contributed by atoms with Crippen molar-refractivity contribution in [2.24, 2.45) is 0 Å². The number of imide groups is 1. The largest absolute Gasteiger partial charge is 0.337 e. The molecule has 0 bridgehead atoms. The van der Waals surface area contributed by atoms with Crippen LogP contribution in [0.15, 0.2) is 24.3 Å². The minimum Gasteiger partial charge on any atom is -0.337 e. The summed E-state index contributed by atoms with van der Waals surface area (Å²) < 4.78 is 0. The lowest BCUT2D eigenvalue weighted by molar-refractivity contribution is -0.116. The highest BCUT2D eigenvalue weighted by atomic mass is 16.2. The normalized spacial score (nSPS) is 13.8. The van der Waals surface area contributed by atoms with Gasteiger partial charge in [-0.15, -0.1) is 0 Å². The molecule has 0 aliphatic carbocycles. The number of carbonyl (C=O) groups is 2. The zero-order chi connectivity index (χ0) is 11.5. The number of benzene rings is 1. The van der Waals surface area contributed by atoms with Crippen molar-refractivity contribution in [3.05, 3.63) is 29.8 Å². The van der Waals surface area contributed by atoms with Crippen LogP contribution in [-0.4, -0.2) is 18.5 Å². The Kier molecular flexibility index (Phi) is 2.90. The van der Waals surface area contributed by atoms with Crippen molar-refractivity contribution in [2.75, 3.05) is 11.4 Å². The SMILES string of the molecule is CCCNC(=O)N1C(=O)Cc2ccccc21. The summed E-state index contributed by atoms with van der Waals surface area (Å²) in [5.74, 6) is -0.158. The first kappa shape index (κ1) is 10.7. The van der Waals surface area contributed by atoms with E-state index in [4.69, 9.17) is 0 Å². The van der Waals surface area contributed by atoms with Gasteiger partial charge in [0.05, 0.1) is 12.1 Å². The summed E-state index contributed by atoms with van der Waals surface area (Å²) in [6.45, 7) is 2.56. The molecule has 0 spiro atoms. The van der Waals surface area contributed by atoms with Crippen LogP contribution in [0.25, 0.3) is 0 Å². The van der Waals surface area contributed by atoms with Crippen LogP contribution in [0.5, 0.6) is 0 Å². The van der Waals surface area contributed by atoms with Gasteiger partial charge >= 0.3 is 6.03 Å². The van der Waals surface area contributed by atoms with E-state index in [1.54, 1.807) is 6.07 Å². The van der Waals surface area contributed by atoms with E-state index in [0.29, 0.717) is 18.7 Å². The fraction of sp³-hybridized carbons (Fsp3) is 0.333. The number of para-hydroxylation sites is 1. The third-order valence-corrected chi connectivity index (χ3v) is 2.55. The van der Waals surface area contributed by atoms with Gasteiger partial charge in [-0.25, -0.2) is 9.69 Å². The van der Waals surface area contributed by atoms with E-state index in [9.17, 15) is 9.59 Å². The topological polar surface area (TPSA) is 49.4 Å². The molecule has 0 radical (unpaired) electrons. The number of fused-ring (bicyclic) bond motifs is 1. The minimum absolute atomic E-state index is 0.158. The zero-order valence-electron chi connectivity index (χ0n) is 9.19. The van der Waals surface area contributed by atoms with Gasteiger partial charge in [0.15, 0.2) is 0 Å². The molecule has 0 saturated carbocycles. The monoisotopic (exact) mass is 218 g/mol. The molecule has 1 N–H and O–H groups in total. The maximum absolute atomic E-state index is 11.8. The van der Waals surface area contributed by atoms with Crippen LogP contribution in [0, 0.1) is 0 Å². The van der Waals surface area contributed by atoms with Crippen LogP contribution in [0.2, 0.25) is 0 Å². The summed E-state index contributed by atoms with van der Waals surface area (Å²) in [4.78, 5) is 24.7. The van der Waals surface area contributed by atoms with E-state index < -0.39 is 0 Å². The molecule has 0 unspecified atom stereocenters. The van der Waals surface area contributed by atoms with Crippen molar-refractivity contribution in [1.82, 2.24) is 5.32 Å². The molecule has 0 fully saturated rings. The third-order valence-electron chi connectivity index (χ3n) is 2.55. The first-order chi connectivity index (χ1) is 7.74. The number of hydrogen-bond acceptors (Lipinski definition) is 2. The van der Waals surface area contributed by atoms with E-state index >= 15 is 0 Å². The van der Waals surface area contributed by atoms with Crippen molar-refractivity contribution in [3.63, 3.8) is 0 Å². The number of nitrogens with zero attached hydrogens (tertiary/aromatic N) is 1. The third kappa shape index (κ3) is 1.78. The molecule has 1 aromatic carbocycles. The predicted molar refractivity (Wildman–Crippen MR) is 61.3 cm³/mol. The van der Waals surface area contributed by atoms with E-state index in [1.807, 2.05) is 25.1 Å². The molecule has 1 aliphatic rings. The second-order valence-corrected chi connectivity index (χ2v) is 3.77. The Hall–Kier alpha value is -1.84. The second kappa shape index (κ2) is 4.35. The maximum Gasteiger partial charge on any atom is 0.328 e. The second-order valence-electron chi connectivity index (χ2n) is 3.77. The molecule has 1 aromatic rings. The average molecular weight is 218 g/mol. The summed E-state index contributed by atoms with van der Waals surface area (Å²) in [5, 5.41) is 2.71. The quantitative estimate of drug-likeness (QED) is 0.821. The number of nitrogens with one attached hydrogen (secondary N) is 1. The van der Waals surface area contributed by atoms with E-state index in [1.165, 1.54) is 4.90 Å². The fourth-order valence-corrected chi connectivity index (χ4v) is 1.79. The highest BCUT2D eigenvalue weighted by molar-refractivity contribution is 6.18. The first-order valence-corrected chi connectivity index (χ1v) is 5.42. The van der Waals surface area contributed by atoms with Crippen molar-refractivity contribution < 1.29 is 9.59 Å². The summed E-state index contributed by atoms with van der Waals surface area (Å²) in [7, 11) is 0. The zero-order valence-corrected chi connectivity index (χ0v) is 9.19. The lowest BCUT2D eigenvalue weighted by atomic mass is 10.2. The summed E-state index contributed by atoms with van der Waals surface area (Å²) in [5.41, 5.74) is 1.63. The predicted octanol–water partition coefficient (Wildman–Crippen LogP) is 1.70. The highest BCUT2D eigenvalue weighted by Gasteiger charge is 2.31. The van der Waals surface area contributed by atoms with Crippen molar-refractivity contribution in [2.45, 2.75) is 19.8 Å². The molecule has 0 atom stereocenters. The molecule has 0 saturated heterocycles. The van der Waals surface area contributed by atoms with Crippen LogP contribution < -0.4 is 10.2 Å². The number of hydrogen-bond donors (Lipinski definition) is 1. The van der Waals surface area contributed by atoms with Gasteiger partial charge in [0.1, 0.15) is 0 Å². The minimum atomic E-state index is -0.322. The summed E-state index contributed by atoms with van der Waals surface area (Å²) >= 11 is 0. The number of anilines is 1. The number of carbonyl (C=O) groups excluding carboxylic acids is 2. The fourth-order valence-electron chi connectivity index (χ4n) is 1.79. The molecular formula is C12H14N2O2. The maximum atomic E-state index is 11.8. The molecule has 4 nitrogen and oxygen atoms in total. The molecule has 4 heteroatoms. The molecule has 0 aromatic heterocycles. The Bertz CT molecular complexity index is 429. The van der Waals surface area contributed by atoms with Gasteiger partial charge < -0.3 is 5.32 Å². The Balaban J connectivity index is 2.22. The van der Waals surface area contributed by atoms with Crippen LogP contribution >= 0.6 is 0 Å². The highest BCUT2D eigenvalue weighted by Crippen LogP contribution is 2.28. The van der Waals surface area contributed by atoms with Crippen molar-refractivity contribution in [3.8, 4) is 0 Å². The van der Waals surface area contributed by atoms with Gasteiger partial charge in [0.2, 0.25) is 5.91 Å². The Morgan fingerprint density at radius 2 is 2.19 bits per heavy atom. The van der Waals surface area contributed by atoms with Crippen LogP contribution in [0.1, 0.15) is 18.9 Å². The molecule has 2 rings (SSSR count). The van der Waals surface area contributed by atoms with Gasteiger partial charge in [0.25, 0.3) is 0 Å². The summed E-state index contributed by atoms with van der Waals surface area (Å²) in [6, 6.07) is 7.06. The number of urea groups is 1. The lowest BCUT2D eigenvalue weighted by Crippen LogP contribution is -2.42. The first-order valence-electron chi connectivity index (χ1n) is 5.42. The molecule has 3 amide bonds. The number of rotatable bonds is 2.